The first kappa shape index (κ1) is 20.7. The van der Waals surface area contributed by atoms with Gasteiger partial charge in [-0.2, -0.15) is 4.31 Å². The molecule has 0 radical (unpaired) electrons. The molecule has 0 aliphatic carbocycles. The molecule has 0 bridgehead atoms. The fraction of sp³-hybridized carbons (Fsp3) is 0.611. The standard InChI is InChI=1S/C18H28N2O5S/c1-14(2)11-19-9-10-26(22,23)20(17(13-19)18(21)25-4)12-15-5-7-16(24-3)8-6-15/h5-8,14,17H,9-13H2,1-4H3. The van der Waals surface area contributed by atoms with Crippen LogP contribution in [-0.4, -0.2) is 69.2 Å². The van der Waals surface area contributed by atoms with Crippen molar-refractivity contribution in [3.8, 4) is 5.75 Å². The molecule has 0 N–H and O–H groups in total. The highest BCUT2D eigenvalue weighted by Gasteiger charge is 2.39. The van der Waals surface area contributed by atoms with Gasteiger partial charge in [-0.3, -0.25) is 9.69 Å². The number of nitrogens with zero attached hydrogens (tertiary/aromatic N) is 2. The van der Waals surface area contributed by atoms with Crippen LogP contribution in [0.5, 0.6) is 5.75 Å². The number of esters is 1. The first-order valence-corrected chi connectivity index (χ1v) is 10.3. The zero-order valence-electron chi connectivity index (χ0n) is 15.8. The summed E-state index contributed by atoms with van der Waals surface area (Å²) >= 11 is 0. The van der Waals surface area contributed by atoms with Crippen LogP contribution in [0.2, 0.25) is 0 Å². The van der Waals surface area contributed by atoms with Crippen LogP contribution >= 0.6 is 0 Å². The predicted octanol–water partition coefficient (Wildman–Crippen LogP) is 1.34. The molecule has 1 unspecified atom stereocenters. The molecule has 0 saturated carbocycles. The van der Waals surface area contributed by atoms with E-state index in [1.807, 2.05) is 4.90 Å². The van der Waals surface area contributed by atoms with Gasteiger partial charge >= 0.3 is 5.97 Å². The largest absolute Gasteiger partial charge is 0.497 e. The maximum atomic E-state index is 12.9. The maximum Gasteiger partial charge on any atom is 0.325 e. The molecule has 26 heavy (non-hydrogen) atoms. The minimum absolute atomic E-state index is 0.0105. The van der Waals surface area contributed by atoms with E-state index in [-0.39, 0.29) is 12.3 Å². The fourth-order valence-electron chi connectivity index (χ4n) is 3.11. The molecule has 0 aromatic heterocycles. The van der Waals surface area contributed by atoms with E-state index >= 15 is 0 Å². The molecule has 1 aliphatic rings. The van der Waals surface area contributed by atoms with Crippen molar-refractivity contribution in [1.29, 1.82) is 0 Å². The SMILES string of the molecule is COC(=O)C1CN(CC(C)C)CCS(=O)(=O)N1Cc1ccc(OC)cc1. The Bertz CT molecular complexity index is 703. The Morgan fingerprint density at radius 2 is 1.88 bits per heavy atom. The summed E-state index contributed by atoms with van der Waals surface area (Å²) in [7, 11) is -0.723. The zero-order valence-corrected chi connectivity index (χ0v) is 16.7. The third-order valence-corrected chi connectivity index (χ3v) is 6.19. The summed E-state index contributed by atoms with van der Waals surface area (Å²) in [5, 5.41) is 0. The van der Waals surface area contributed by atoms with Gasteiger partial charge in [-0.1, -0.05) is 26.0 Å². The second-order valence-electron chi connectivity index (χ2n) is 6.90. The lowest BCUT2D eigenvalue weighted by atomic mass is 10.1. The Hall–Kier alpha value is -1.64. The van der Waals surface area contributed by atoms with Crippen LogP contribution < -0.4 is 4.74 Å². The van der Waals surface area contributed by atoms with Crippen LogP contribution in [0.3, 0.4) is 0 Å². The highest BCUT2D eigenvalue weighted by molar-refractivity contribution is 7.89. The lowest BCUT2D eigenvalue weighted by molar-refractivity contribution is -0.145. The fourth-order valence-corrected chi connectivity index (χ4v) is 4.72. The summed E-state index contributed by atoms with van der Waals surface area (Å²) in [5.74, 6) is 0.533. The molecule has 1 aromatic carbocycles. The van der Waals surface area contributed by atoms with E-state index in [1.165, 1.54) is 11.4 Å². The topological polar surface area (TPSA) is 76.2 Å². The Kier molecular flexibility index (Phi) is 7.02. The van der Waals surface area contributed by atoms with E-state index < -0.39 is 22.0 Å². The van der Waals surface area contributed by atoms with Crippen molar-refractivity contribution >= 4 is 16.0 Å². The van der Waals surface area contributed by atoms with Gasteiger partial charge in [0, 0.05) is 26.2 Å². The maximum absolute atomic E-state index is 12.9. The quantitative estimate of drug-likeness (QED) is 0.689. The number of sulfonamides is 1. The molecule has 0 amide bonds. The molecule has 1 heterocycles. The van der Waals surface area contributed by atoms with Gasteiger partial charge in [0.25, 0.3) is 0 Å². The lowest BCUT2D eigenvalue weighted by Crippen LogP contribution is -2.48. The average molecular weight is 384 g/mol. The monoisotopic (exact) mass is 384 g/mol. The van der Waals surface area contributed by atoms with Gasteiger partial charge in [0.2, 0.25) is 10.0 Å². The molecule has 2 rings (SSSR count). The van der Waals surface area contributed by atoms with E-state index in [4.69, 9.17) is 9.47 Å². The molecule has 0 spiro atoms. The second kappa shape index (κ2) is 8.83. The lowest BCUT2D eigenvalue weighted by Gasteiger charge is -2.29. The van der Waals surface area contributed by atoms with E-state index in [0.717, 1.165) is 12.1 Å². The number of hydrogen-bond donors (Lipinski definition) is 0. The van der Waals surface area contributed by atoms with Gasteiger partial charge < -0.3 is 9.47 Å². The minimum Gasteiger partial charge on any atom is -0.497 e. The van der Waals surface area contributed by atoms with E-state index in [0.29, 0.717) is 24.8 Å². The van der Waals surface area contributed by atoms with Crippen molar-refractivity contribution in [1.82, 2.24) is 9.21 Å². The van der Waals surface area contributed by atoms with Crippen LogP contribution in [-0.2, 0) is 26.1 Å². The highest BCUT2D eigenvalue weighted by Crippen LogP contribution is 2.21. The smallest absolute Gasteiger partial charge is 0.325 e. The average Bonchev–Trinajstić information content (AvgIpc) is 2.72. The number of methoxy groups -OCH3 is 2. The van der Waals surface area contributed by atoms with E-state index in [2.05, 4.69) is 13.8 Å². The van der Waals surface area contributed by atoms with Crippen molar-refractivity contribution in [2.24, 2.45) is 5.92 Å². The van der Waals surface area contributed by atoms with Crippen molar-refractivity contribution in [2.45, 2.75) is 26.4 Å². The Balaban J connectivity index is 2.31. The van der Waals surface area contributed by atoms with Gasteiger partial charge in [-0.15, -0.1) is 0 Å². The van der Waals surface area contributed by atoms with Crippen molar-refractivity contribution in [3.63, 3.8) is 0 Å². The van der Waals surface area contributed by atoms with Gasteiger partial charge in [0.15, 0.2) is 0 Å². The van der Waals surface area contributed by atoms with Gasteiger partial charge in [0.1, 0.15) is 11.8 Å². The van der Waals surface area contributed by atoms with Crippen LogP contribution in [0.1, 0.15) is 19.4 Å². The number of carbonyl (C=O) groups excluding carboxylic acids is 1. The highest BCUT2D eigenvalue weighted by atomic mass is 32.2. The Morgan fingerprint density at radius 1 is 1.23 bits per heavy atom. The van der Waals surface area contributed by atoms with Gasteiger partial charge in [0.05, 0.1) is 20.0 Å². The molecule has 1 atom stereocenters. The first-order chi connectivity index (χ1) is 12.3. The van der Waals surface area contributed by atoms with Crippen LogP contribution in [0, 0.1) is 5.92 Å². The molecule has 1 saturated heterocycles. The molecule has 1 aromatic rings. The zero-order chi connectivity index (χ0) is 19.3. The molecule has 8 heteroatoms. The second-order valence-corrected chi connectivity index (χ2v) is 8.94. The van der Waals surface area contributed by atoms with Crippen LogP contribution in [0.4, 0.5) is 0 Å². The summed E-state index contributed by atoms with van der Waals surface area (Å²) in [6, 6.07) is 6.31. The molecular weight excluding hydrogens is 356 g/mol. The normalized spacial score (nSPS) is 21.3. The first-order valence-electron chi connectivity index (χ1n) is 8.69. The Labute approximate surface area is 155 Å². The van der Waals surface area contributed by atoms with Crippen LogP contribution in [0.15, 0.2) is 24.3 Å². The molecule has 1 fully saturated rings. The molecule has 1 aliphatic heterocycles. The summed E-state index contributed by atoms with van der Waals surface area (Å²) in [5.41, 5.74) is 0.792. The van der Waals surface area contributed by atoms with Gasteiger partial charge in [-0.05, 0) is 23.6 Å². The number of rotatable bonds is 6. The third-order valence-electron chi connectivity index (χ3n) is 4.40. The summed E-state index contributed by atoms with van der Waals surface area (Å²) in [6.07, 6.45) is 0. The minimum atomic E-state index is -3.59. The summed E-state index contributed by atoms with van der Waals surface area (Å²) in [6.45, 7) is 5.75. The third kappa shape index (κ3) is 5.18. The molecule has 146 valence electrons. The number of benzene rings is 1. The summed E-state index contributed by atoms with van der Waals surface area (Å²) in [4.78, 5) is 14.4. The number of carbonyl (C=O) groups is 1. The number of hydrogen-bond acceptors (Lipinski definition) is 6. The van der Waals surface area contributed by atoms with E-state index in [9.17, 15) is 13.2 Å². The predicted molar refractivity (Wildman–Crippen MR) is 99.4 cm³/mol. The number of ether oxygens (including phenoxy) is 2. The van der Waals surface area contributed by atoms with Crippen LogP contribution in [0.25, 0.3) is 0 Å². The molecule has 7 nitrogen and oxygen atoms in total. The van der Waals surface area contributed by atoms with Crippen molar-refractivity contribution in [3.05, 3.63) is 29.8 Å². The van der Waals surface area contributed by atoms with Crippen molar-refractivity contribution in [2.75, 3.05) is 39.6 Å². The Morgan fingerprint density at radius 3 is 2.42 bits per heavy atom. The summed E-state index contributed by atoms with van der Waals surface area (Å²) < 4.78 is 37.0. The van der Waals surface area contributed by atoms with Gasteiger partial charge in [-0.25, -0.2) is 8.42 Å². The molecular formula is C18H28N2O5S. The van der Waals surface area contributed by atoms with Crippen molar-refractivity contribution < 1.29 is 22.7 Å². The van der Waals surface area contributed by atoms with E-state index in [1.54, 1.807) is 31.4 Å².